The van der Waals surface area contributed by atoms with Crippen LogP contribution < -0.4 is 10.2 Å². The van der Waals surface area contributed by atoms with E-state index in [-0.39, 0.29) is 23.9 Å². The van der Waals surface area contributed by atoms with Gasteiger partial charge in [-0.1, -0.05) is 36.7 Å². The van der Waals surface area contributed by atoms with Crippen molar-refractivity contribution in [2.75, 3.05) is 23.7 Å². The van der Waals surface area contributed by atoms with Crippen LogP contribution in [0.3, 0.4) is 0 Å². The number of amides is 1. The second-order valence-corrected chi connectivity index (χ2v) is 12.8. The maximum atomic E-state index is 13.5. The number of anilines is 1. The largest absolute Gasteiger partial charge is 0.440 e. The summed E-state index contributed by atoms with van der Waals surface area (Å²) in [5.74, 6) is -0.224. The number of pyridine rings is 1. The maximum Gasteiger partial charge on any atom is 0.417 e. The molecule has 9 nitrogen and oxygen atoms in total. The minimum Gasteiger partial charge on any atom is -0.440 e. The van der Waals surface area contributed by atoms with Gasteiger partial charge in [0.25, 0.3) is 0 Å². The first-order valence-electron chi connectivity index (χ1n) is 14.2. The fourth-order valence-electron chi connectivity index (χ4n) is 5.85. The predicted molar refractivity (Wildman–Crippen MR) is 152 cm³/mol. The number of benzene rings is 1. The molecule has 6 rings (SSSR count). The Labute approximate surface area is 250 Å². The molecule has 2 aromatic heterocycles. The molecule has 2 saturated carbocycles. The third-order valence-corrected chi connectivity index (χ3v) is 9.31. The van der Waals surface area contributed by atoms with Gasteiger partial charge in [0.1, 0.15) is 17.0 Å². The number of oxazole rings is 1. The lowest BCUT2D eigenvalue weighted by Gasteiger charge is -2.36. The highest BCUT2D eigenvalue weighted by Crippen LogP contribution is 2.45. The van der Waals surface area contributed by atoms with Crippen molar-refractivity contribution >= 4 is 23.4 Å². The molecule has 0 bridgehead atoms. The van der Waals surface area contributed by atoms with Crippen LogP contribution in [-0.2, 0) is 11.0 Å². The van der Waals surface area contributed by atoms with Crippen molar-refractivity contribution in [1.82, 2.24) is 15.3 Å². The van der Waals surface area contributed by atoms with Gasteiger partial charge in [-0.25, -0.2) is 4.98 Å². The van der Waals surface area contributed by atoms with E-state index in [0.717, 1.165) is 42.6 Å². The van der Waals surface area contributed by atoms with E-state index in [1.54, 1.807) is 12.1 Å². The number of aromatic nitrogens is 2. The maximum absolute atomic E-state index is 13.5. The van der Waals surface area contributed by atoms with Crippen molar-refractivity contribution in [3.63, 3.8) is 0 Å². The number of carbonyl (C=O) groups excluding carboxylic acids is 1. The number of nitrogens with zero attached hydrogens (tertiary/aromatic N) is 4. The zero-order valence-corrected chi connectivity index (χ0v) is 23.9. The van der Waals surface area contributed by atoms with Crippen LogP contribution >= 0.6 is 11.8 Å². The third kappa shape index (κ3) is 6.23. The van der Waals surface area contributed by atoms with Crippen LogP contribution in [0, 0.1) is 17.2 Å². The summed E-state index contributed by atoms with van der Waals surface area (Å²) < 4.78 is 46.7. The van der Waals surface area contributed by atoms with E-state index < -0.39 is 34.2 Å². The van der Waals surface area contributed by atoms with Gasteiger partial charge in [-0.15, -0.1) is 0 Å². The number of β-amino-alcohol motifs (C(OH)–C–C–N with tert-alkyl or cyclic N) is 2. The molecule has 3 N–H and O–H groups in total. The van der Waals surface area contributed by atoms with Crippen molar-refractivity contribution in [2.45, 2.75) is 61.3 Å². The lowest BCUT2D eigenvalue weighted by Crippen LogP contribution is -2.46. The minimum absolute atomic E-state index is 0.0297. The molecule has 1 aliphatic heterocycles. The van der Waals surface area contributed by atoms with Gasteiger partial charge in [-0.3, -0.25) is 9.78 Å². The van der Waals surface area contributed by atoms with Gasteiger partial charge in [0.15, 0.2) is 0 Å². The summed E-state index contributed by atoms with van der Waals surface area (Å²) in [6.45, 7) is 0.653. The van der Waals surface area contributed by atoms with Crippen molar-refractivity contribution < 1.29 is 32.6 Å². The highest BCUT2D eigenvalue weighted by atomic mass is 32.2. The van der Waals surface area contributed by atoms with Gasteiger partial charge in [-0.2, -0.15) is 18.4 Å². The van der Waals surface area contributed by atoms with Gasteiger partial charge in [0, 0.05) is 47.8 Å². The average molecular weight is 614 g/mol. The number of hydrogen-bond donors (Lipinski definition) is 3. The molecule has 0 spiro atoms. The molecule has 2 aliphatic carbocycles. The van der Waals surface area contributed by atoms with E-state index in [2.05, 4.69) is 21.4 Å². The predicted octanol–water partition coefficient (Wildman–Crippen LogP) is 5.06. The molecule has 0 radical (unpaired) electrons. The van der Waals surface area contributed by atoms with Crippen LogP contribution in [0.1, 0.15) is 55.8 Å². The Morgan fingerprint density at radius 1 is 1.14 bits per heavy atom. The summed E-state index contributed by atoms with van der Waals surface area (Å²) in [4.78, 5) is 23.7. The van der Waals surface area contributed by atoms with E-state index in [9.17, 15) is 33.4 Å². The molecule has 1 saturated heterocycles. The molecule has 2 unspecified atom stereocenters. The van der Waals surface area contributed by atoms with Crippen LogP contribution in [0.15, 0.2) is 47.1 Å². The Kier molecular flexibility index (Phi) is 7.64. The number of alkyl halides is 3. The monoisotopic (exact) mass is 613 g/mol. The quantitative estimate of drug-likeness (QED) is 0.326. The Bertz CT molecular complexity index is 1550. The number of hydrogen-bond acceptors (Lipinski definition) is 9. The second kappa shape index (κ2) is 11.2. The fraction of sp³-hybridized carbons (Fsp3) is 0.467. The van der Waals surface area contributed by atoms with Gasteiger partial charge in [-0.05, 0) is 43.9 Å². The van der Waals surface area contributed by atoms with Crippen molar-refractivity contribution in [1.29, 1.82) is 5.26 Å². The Morgan fingerprint density at radius 3 is 2.56 bits per heavy atom. The summed E-state index contributed by atoms with van der Waals surface area (Å²) in [5.41, 5.74) is 0.120. The number of nitrogens with one attached hydrogen (secondary N) is 1. The zero-order chi connectivity index (χ0) is 30.4. The molecule has 2 atom stereocenters. The van der Waals surface area contributed by atoms with Crippen LogP contribution in [0.2, 0.25) is 0 Å². The summed E-state index contributed by atoms with van der Waals surface area (Å²) in [5, 5.41) is 30.8. The summed E-state index contributed by atoms with van der Waals surface area (Å²) in [6, 6.07) is 10.4. The first-order valence-corrected chi connectivity index (χ1v) is 15.2. The molecule has 1 amide bonds. The number of thioether (sulfide) groups is 1. The third-order valence-electron chi connectivity index (χ3n) is 8.33. The molecule has 3 fully saturated rings. The summed E-state index contributed by atoms with van der Waals surface area (Å²) in [7, 11) is 0. The standard InChI is InChI=1S/C30H30F3N5O4S/c31-30(32,33)20-13-19(14-35-15-20)27-36-24(18-5-7-21(8-6-18)38-11-12-43-29(40,41)17-38)25(42-27)22-3-1-2-4-23(22)26(39)37-28(16-34)9-10-28/h5-8,13-15,22-23,40-41H,1-4,9-12,17H2,(H,37,39). The van der Waals surface area contributed by atoms with E-state index in [4.69, 9.17) is 4.42 Å². The molecular weight excluding hydrogens is 583 g/mol. The normalized spacial score (nSPS) is 22.9. The average Bonchev–Trinajstić information content (AvgIpc) is 3.62. The molecule has 226 valence electrons. The highest BCUT2D eigenvalue weighted by molar-refractivity contribution is 8.00. The topological polar surface area (TPSA) is 136 Å². The number of rotatable bonds is 6. The van der Waals surface area contributed by atoms with Crippen LogP contribution in [0.5, 0.6) is 0 Å². The SMILES string of the molecule is N#CC1(NC(=O)C2CCCCC2c2oc(-c3cncc(C(F)(F)F)c3)nc2-c2ccc(N3CCSC(O)(O)C3)cc2)CC1. The van der Waals surface area contributed by atoms with Gasteiger partial charge < -0.3 is 24.8 Å². The lowest BCUT2D eigenvalue weighted by molar-refractivity contribution is -0.137. The second-order valence-electron chi connectivity index (χ2n) is 11.4. The fourth-order valence-corrected chi connectivity index (χ4v) is 6.73. The van der Waals surface area contributed by atoms with Crippen LogP contribution in [0.4, 0.5) is 18.9 Å². The smallest absolute Gasteiger partial charge is 0.417 e. The number of carbonyl (C=O) groups is 1. The number of nitriles is 1. The number of aliphatic hydroxyl groups is 2. The van der Waals surface area contributed by atoms with E-state index >= 15 is 0 Å². The molecular formula is C30H30F3N5O4S. The van der Waals surface area contributed by atoms with Crippen LogP contribution in [-0.4, -0.2) is 55.6 Å². The lowest BCUT2D eigenvalue weighted by atomic mass is 9.76. The van der Waals surface area contributed by atoms with Crippen LogP contribution in [0.25, 0.3) is 22.7 Å². The Balaban J connectivity index is 1.38. The highest BCUT2D eigenvalue weighted by Gasteiger charge is 2.47. The van der Waals surface area contributed by atoms with Crippen molar-refractivity contribution in [3.8, 4) is 28.8 Å². The summed E-state index contributed by atoms with van der Waals surface area (Å²) >= 11 is 1.07. The molecule has 1 aromatic carbocycles. The number of halogens is 3. The first kappa shape index (κ1) is 29.5. The van der Waals surface area contributed by atoms with Crippen molar-refractivity contribution in [3.05, 3.63) is 54.0 Å². The first-order chi connectivity index (χ1) is 20.5. The molecule has 13 heteroatoms. The molecule has 3 aliphatic rings. The van der Waals surface area contributed by atoms with E-state index in [1.807, 2.05) is 17.0 Å². The molecule has 3 heterocycles. The Morgan fingerprint density at radius 2 is 1.88 bits per heavy atom. The van der Waals surface area contributed by atoms with E-state index in [0.29, 0.717) is 55.0 Å². The van der Waals surface area contributed by atoms with E-state index in [1.165, 1.54) is 6.20 Å². The van der Waals surface area contributed by atoms with Gasteiger partial charge in [0.05, 0.1) is 23.7 Å². The molecule has 43 heavy (non-hydrogen) atoms. The summed E-state index contributed by atoms with van der Waals surface area (Å²) in [6.07, 6.45) is 1.44. The molecule has 3 aromatic rings. The Hall–Kier alpha value is -3.60. The zero-order valence-electron chi connectivity index (χ0n) is 23.1. The van der Waals surface area contributed by atoms with Gasteiger partial charge >= 0.3 is 6.18 Å². The van der Waals surface area contributed by atoms with Crippen molar-refractivity contribution in [2.24, 2.45) is 5.92 Å². The van der Waals surface area contributed by atoms with Gasteiger partial charge in [0.2, 0.25) is 16.9 Å². The minimum atomic E-state index is -4.60.